The Morgan fingerprint density at radius 3 is 2.67 bits per heavy atom. The Hall–Kier alpha value is -1.75. The third-order valence-corrected chi connectivity index (χ3v) is 2.60. The number of pyridine rings is 1. The van der Waals surface area contributed by atoms with Gasteiger partial charge in [-0.25, -0.2) is 0 Å². The van der Waals surface area contributed by atoms with Gasteiger partial charge in [-0.05, 0) is 38.0 Å². The van der Waals surface area contributed by atoms with E-state index in [0.29, 0.717) is 24.6 Å². The molecule has 0 fully saturated rings. The highest BCUT2D eigenvalue weighted by molar-refractivity contribution is 5.14. The zero-order valence-corrected chi connectivity index (χ0v) is 10.8. The maximum absolute atomic E-state index is 5.92. The summed E-state index contributed by atoms with van der Waals surface area (Å²) in [6.45, 7) is 3.97. The molecule has 5 heteroatoms. The molecule has 2 aromatic heterocycles. The lowest BCUT2D eigenvalue weighted by molar-refractivity contribution is 0.355. The monoisotopic (exact) mass is 246 g/mol. The van der Waals surface area contributed by atoms with E-state index >= 15 is 0 Å². The first kappa shape index (κ1) is 12.7. The summed E-state index contributed by atoms with van der Waals surface area (Å²) in [6, 6.07) is 3.89. The van der Waals surface area contributed by atoms with Crippen molar-refractivity contribution in [2.24, 2.45) is 5.73 Å². The van der Waals surface area contributed by atoms with E-state index in [1.807, 2.05) is 26.0 Å². The van der Waals surface area contributed by atoms with Gasteiger partial charge in [-0.1, -0.05) is 5.16 Å². The molecule has 0 aliphatic rings. The summed E-state index contributed by atoms with van der Waals surface area (Å²) >= 11 is 0. The second kappa shape index (κ2) is 5.27. The van der Waals surface area contributed by atoms with Crippen LogP contribution in [0.15, 0.2) is 29.0 Å². The number of nitrogens with zero attached hydrogens (tertiary/aromatic N) is 3. The largest absolute Gasteiger partial charge is 0.339 e. The normalized spacial score (nSPS) is 11.7. The van der Waals surface area contributed by atoms with Crippen molar-refractivity contribution < 1.29 is 4.52 Å². The van der Waals surface area contributed by atoms with Gasteiger partial charge in [0.15, 0.2) is 5.82 Å². The van der Waals surface area contributed by atoms with Gasteiger partial charge in [0.25, 0.3) is 0 Å². The van der Waals surface area contributed by atoms with Crippen LogP contribution in [0.5, 0.6) is 0 Å². The molecule has 2 aromatic rings. The number of hydrogen-bond donors (Lipinski definition) is 1. The van der Waals surface area contributed by atoms with Crippen LogP contribution in [0.2, 0.25) is 0 Å². The van der Waals surface area contributed by atoms with Crippen LogP contribution in [-0.2, 0) is 12.8 Å². The van der Waals surface area contributed by atoms with E-state index in [4.69, 9.17) is 10.3 Å². The van der Waals surface area contributed by atoms with Gasteiger partial charge in [-0.3, -0.25) is 4.98 Å². The lowest BCUT2D eigenvalue weighted by atomic mass is 10.0. The predicted octanol–water partition coefficient (Wildman–Crippen LogP) is 1.73. The van der Waals surface area contributed by atoms with Crippen molar-refractivity contribution >= 4 is 0 Å². The lowest BCUT2D eigenvalue weighted by Crippen LogP contribution is -2.32. The highest BCUT2D eigenvalue weighted by atomic mass is 16.5. The molecule has 0 saturated heterocycles. The molecule has 0 aliphatic heterocycles. The highest BCUT2D eigenvalue weighted by Gasteiger charge is 2.14. The zero-order valence-electron chi connectivity index (χ0n) is 10.8. The van der Waals surface area contributed by atoms with Crippen LogP contribution in [0.3, 0.4) is 0 Å². The molecular weight excluding hydrogens is 228 g/mol. The predicted molar refractivity (Wildman–Crippen MR) is 67.9 cm³/mol. The van der Waals surface area contributed by atoms with Crippen molar-refractivity contribution in [3.8, 4) is 0 Å². The molecule has 0 saturated carbocycles. The molecule has 18 heavy (non-hydrogen) atoms. The molecule has 0 radical (unpaired) electrons. The van der Waals surface area contributed by atoms with E-state index in [0.717, 1.165) is 12.0 Å². The topological polar surface area (TPSA) is 77.8 Å². The van der Waals surface area contributed by atoms with Crippen LogP contribution in [0.25, 0.3) is 0 Å². The van der Waals surface area contributed by atoms with Gasteiger partial charge < -0.3 is 10.3 Å². The van der Waals surface area contributed by atoms with Gasteiger partial charge >= 0.3 is 0 Å². The minimum Gasteiger partial charge on any atom is -0.339 e. The number of aryl methyl sites for hydroxylation is 1. The van der Waals surface area contributed by atoms with Gasteiger partial charge in [-0.15, -0.1) is 0 Å². The molecule has 0 bridgehead atoms. The quantitative estimate of drug-likeness (QED) is 0.869. The number of aromatic nitrogens is 3. The SMILES string of the molecule is CC(C)(N)CCc1nc(Cc2ccncc2)no1. The van der Waals surface area contributed by atoms with Crippen molar-refractivity contribution in [3.05, 3.63) is 41.8 Å². The van der Waals surface area contributed by atoms with Crippen molar-refractivity contribution in [2.75, 3.05) is 0 Å². The van der Waals surface area contributed by atoms with Crippen molar-refractivity contribution in [2.45, 2.75) is 38.6 Å². The van der Waals surface area contributed by atoms with E-state index in [1.54, 1.807) is 12.4 Å². The Labute approximate surface area is 106 Å². The molecule has 0 unspecified atom stereocenters. The minimum atomic E-state index is -0.209. The standard InChI is InChI=1S/C13H18N4O/c1-13(2,14)6-3-12-16-11(17-18-12)9-10-4-7-15-8-5-10/h4-5,7-8H,3,6,9,14H2,1-2H3. The average Bonchev–Trinajstić information content (AvgIpc) is 2.75. The number of hydrogen-bond acceptors (Lipinski definition) is 5. The summed E-state index contributed by atoms with van der Waals surface area (Å²) in [7, 11) is 0. The molecule has 2 heterocycles. The van der Waals surface area contributed by atoms with Crippen molar-refractivity contribution in [3.63, 3.8) is 0 Å². The number of nitrogens with two attached hydrogens (primary N) is 1. The Morgan fingerprint density at radius 1 is 1.28 bits per heavy atom. The van der Waals surface area contributed by atoms with Gasteiger partial charge in [0.1, 0.15) is 0 Å². The molecule has 96 valence electrons. The molecule has 0 aliphatic carbocycles. The first-order valence-electron chi connectivity index (χ1n) is 6.02. The maximum Gasteiger partial charge on any atom is 0.226 e. The average molecular weight is 246 g/mol. The summed E-state index contributed by atoms with van der Waals surface area (Å²) in [6.07, 6.45) is 5.72. The van der Waals surface area contributed by atoms with E-state index in [9.17, 15) is 0 Å². The third-order valence-electron chi connectivity index (χ3n) is 2.60. The van der Waals surface area contributed by atoms with Crippen molar-refractivity contribution in [1.82, 2.24) is 15.1 Å². The Bertz CT molecular complexity index is 487. The maximum atomic E-state index is 5.92. The lowest BCUT2D eigenvalue weighted by Gasteiger charge is -2.16. The van der Waals surface area contributed by atoms with E-state index in [-0.39, 0.29) is 5.54 Å². The Balaban J connectivity index is 1.94. The Morgan fingerprint density at radius 2 is 2.00 bits per heavy atom. The smallest absolute Gasteiger partial charge is 0.226 e. The first-order chi connectivity index (χ1) is 8.53. The van der Waals surface area contributed by atoms with Crippen LogP contribution in [0.4, 0.5) is 0 Å². The molecule has 0 atom stereocenters. The van der Waals surface area contributed by atoms with Crippen LogP contribution < -0.4 is 5.73 Å². The fourth-order valence-electron chi connectivity index (χ4n) is 1.58. The molecular formula is C13H18N4O. The first-order valence-corrected chi connectivity index (χ1v) is 6.02. The Kier molecular flexibility index (Phi) is 3.72. The second-order valence-electron chi connectivity index (χ2n) is 5.13. The molecule has 0 spiro atoms. The summed E-state index contributed by atoms with van der Waals surface area (Å²) in [5, 5.41) is 3.96. The molecule has 5 nitrogen and oxygen atoms in total. The summed E-state index contributed by atoms with van der Waals surface area (Å²) < 4.78 is 5.20. The second-order valence-corrected chi connectivity index (χ2v) is 5.13. The van der Waals surface area contributed by atoms with E-state index < -0.39 is 0 Å². The molecule has 2 rings (SSSR count). The fraction of sp³-hybridized carbons (Fsp3) is 0.462. The fourth-order valence-corrected chi connectivity index (χ4v) is 1.58. The molecule has 0 amide bonds. The van der Waals surface area contributed by atoms with Crippen LogP contribution in [-0.4, -0.2) is 20.7 Å². The third kappa shape index (κ3) is 3.92. The molecule has 2 N–H and O–H groups in total. The highest BCUT2D eigenvalue weighted by Crippen LogP contribution is 2.11. The van der Waals surface area contributed by atoms with Gasteiger partial charge in [-0.2, -0.15) is 4.98 Å². The van der Waals surface area contributed by atoms with Crippen LogP contribution >= 0.6 is 0 Å². The van der Waals surface area contributed by atoms with Crippen LogP contribution in [0, 0.1) is 0 Å². The van der Waals surface area contributed by atoms with Gasteiger partial charge in [0.05, 0.1) is 0 Å². The van der Waals surface area contributed by atoms with Gasteiger partial charge in [0, 0.05) is 30.8 Å². The van der Waals surface area contributed by atoms with Gasteiger partial charge in [0.2, 0.25) is 5.89 Å². The summed E-state index contributed by atoms with van der Waals surface area (Å²) in [5.74, 6) is 1.35. The van der Waals surface area contributed by atoms with Crippen LogP contribution in [0.1, 0.15) is 37.5 Å². The number of rotatable bonds is 5. The summed E-state index contributed by atoms with van der Waals surface area (Å²) in [5.41, 5.74) is 6.83. The summed E-state index contributed by atoms with van der Waals surface area (Å²) in [4.78, 5) is 8.33. The molecule has 0 aromatic carbocycles. The van der Waals surface area contributed by atoms with E-state index in [2.05, 4.69) is 15.1 Å². The minimum absolute atomic E-state index is 0.209. The van der Waals surface area contributed by atoms with E-state index in [1.165, 1.54) is 0 Å². The van der Waals surface area contributed by atoms with Crippen molar-refractivity contribution in [1.29, 1.82) is 0 Å². The zero-order chi connectivity index (χ0) is 13.0.